The van der Waals surface area contributed by atoms with Crippen LogP contribution in [0.2, 0.25) is 0 Å². The summed E-state index contributed by atoms with van der Waals surface area (Å²) in [5.41, 5.74) is 0.446. The van der Waals surface area contributed by atoms with Crippen molar-refractivity contribution in [3.8, 4) is 0 Å². The van der Waals surface area contributed by atoms with Crippen LogP contribution in [0.25, 0.3) is 0 Å². The third kappa shape index (κ3) is 5.30. The van der Waals surface area contributed by atoms with E-state index in [1.165, 1.54) is 12.4 Å². The Balaban J connectivity index is 2.27. The molecule has 0 aliphatic heterocycles. The summed E-state index contributed by atoms with van der Waals surface area (Å²) in [6, 6.07) is 3.20. The van der Waals surface area contributed by atoms with Crippen molar-refractivity contribution in [2.45, 2.75) is 6.18 Å². The minimum atomic E-state index is -4.31. The molecule has 0 aliphatic carbocycles. The van der Waals surface area contributed by atoms with Crippen molar-refractivity contribution < 1.29 is 18.0 Å². The van der Waals surface area contributed by atoms with E-state index in [0.717, 1.165) is 0 Å². The maximum atomic E-state index is 11.7. The van der Waals surface area contributed by atoms with Crippen LogP contribution in [0.4, 0.5) is 18.9 Å². The van der Waals surface area contributed by atoms with E-state index in [1.807, 2.05) is 5.32 Å². The molecule has 1 amide bonds. The molecule has 88 valence electrons. The van der Waals surface area contributed by atoms with Crippen molar-refractivity contribution >= 4 is 11.6 Å². The fourth-order valence-corrected chi connectivity index (χ4v) is 0.960. The molecule has 0 saturated heterocycles. The second-order valence-corrected chi connectivity index (χ2v) is 3.01. The van der Waals surface area contributed by atoms with Gasteiger partial charge in [0.25, 0.3) is 0 Å². The maximum Gasteiger partial charge on any atom is 0.401 e. The van der Waals surface area contributed by atoms with Gasteiger partial charge in [-0.1, -0.05) is 0 Å². The smallest absolute Gasteiger partial charge is 0.324 e. The van der Waals surface area contributed by atoms with Gasteiger partial charge in [0.05, 0.1) is 25.0 Å². The Kier molecular flexibility index (Phi) is 4.24. The van der Waals surface area contributed by atoms with Crippen molar-refractivity contribution in [3.05, 3.63) is 24.5 Å². The average molecular weight is 233 g/mol. The Morgan fingerprint density at radius 3 is 2.75 bits per heavy atom. The van der Waals surface area contributed by atoms with E-state index in [2.05, 4.69) is 10.3 Å². The first-order valence-electron chi connectivity index (χ1n) is 4.45. The van der Waals surface area contributed by atoms with E-state index >= 15 is 0 Å². The Labute approximate surface area is 89.9 Å². The first-order valence-corrected chi connectivity index (χ1v) is 4.45. The fourth-order valence-electron chi connectivity index (χ4n) is 0.960. The highest BCUT2D eigenvalue weighted by atomic mass is 19.4. The number of halogens is 3. The van der Waals surface area contributed by atoms with Gasteiger partial charge in [-0.3, -0.25) is 9.78 Å². The van der Waals surface area contributed by atoms with Gasteiger partial charge in [-0.15, -0.1) is 0 Å². The zero-order chi connectivity index (χ0) is 12.0. The fraction of sp³-hybridized carbons (Fsp3) is 0.333. The van der Waals surface area contributed by atoms with Crippen molar-refractivity contribution in [3.63, 3.8) is 0 Å². The van der Waals surface area contributed by atoms with Crippen molar-refractivity contribution in [1.82, 2.24) is 10.3 Å². The number of anilines is 1. The Morgan fingerprint density at radius 2 is 2.19 bits per heavy atom. The molecular weight excluding hydrogens is 223 g/mol. The molecule has 1 aromatic heterocycles. The van der Waals surface area contributed by atoms with Crippen LogP contribution in [0, 0.1) is 0 Å². The lowest BCUT2D eigenvalue weighted by Gasteiger charge is -2.08. The maximum absolute atomic E-state index is 11.7. The molecule has 0 unspecified atom stereocenters. The van der Waals surface area contributed by atoms with Crippen LogP contribution in [0.1, 0.15) is 0 Å². The molecular formula is C9H10F3N3O. The minimum absolute atomic E-state index is 0.394. The highest BCUT2D eigenvalue weighted by molar-refractivity contribution is 5.91. The lowest BCUT2D eigenvalue weighted by Crippen LogP contribution is -2.35. The van der Waals surface area contributed by atoms with Crippen molar-refractivity contribution in [2.75, 3.05) is 18.4 Å². The SMILES string of the molecule is O=C(CNCC(F)(F)F)Nc1cccnc1. The van der Waals surface area contributed by atoms with Crippen molar-refractivity contribution in [2.24, 2.45) is 0 Å². The van der Waals surface area contributed by atoms with Gasteiger partial charge in [0, 0.05) is 6.20 Å². The van der Waals surface area contributed by atoms with Gasteiger partial charge in [-0.2, -0.15) is 13.2 Å². The summed E-state index contributed by atoms with van der Waals surface area (Å²) in [5, 5.41) is 4.38. The molecule has 4 nitrogen and oxygen atoms in total. The van der Waals surface area contributed by atoms with Gasteiger partial charge in [0.1, 0.15) is 0 Å². The standard InChI is InChI=1S/C9H10F3N3O/c10-9(11,12)6-14-5-8(16)15-7-2-1-3-13-4-7/h1-4,14H,5-6H2,(H,15,16). The molecule has 1 rings (SSSR count). The molecule has 16 heavy (non-hydrogen) atoms. The van der Waals surface area contributed by atoms with Crippen LogP contribution < -0.4 is 10.6 Å². The van der Waals surface area contributed by atoms with Gasteiger partial charge in [-0.25, -0.2) is 0 Å². The first-order chi connectivity index (χ1) is 7.47. The summed E-state index contributed by atoms with van der Waals surface area (Å²) in [7, 11) is 0. The van der Waals surface area contributed by atoms with E-state index in [-0.39, 0.29) is 0 Å². The largest absolute Gasteiger partial charge is 0.401 e. The van der Waals surface area contributed by atoms with E-state index < -0.39 is 25.2 Å². The normalized spacial score (nSPS) is 11.2. The number of nitrogens with zero attached hydrogens (tertiary/aromatic N) is 1. The molecule has 2 N–H and O–H groups in total. The summed E-state index contributed by atoms with van der Waals surface area (Å²) in [5.74, 6) is -0.544. The van der Waals surface area contributed by atoms with Gasteiger partial charge in [0.15, 0.2) is 0 Å². The van der Waals surface area contributed by atoms with Crippen LogP contribution in [0.3, 0.4) is 0 Å². The van der Waals surface area contributed by atoms with Crippen molar-refractivity contribution in [1.29, 1.82) is 0 Å². The highest BCUT2D eigenvalue weighted by Crippen LogP contribution is 2.11. The Hall–Kier alpha value is -1.63. The number of carbonyl (C=O) groups is 1. The predicted octanol–water partition coefficient (Wildman–Crippen LogP) is 1.17. The summed E-state index contributed by atoms with van der Waals surface area (Å²) in [6.45, 7) is -1.58. The molecule has 0 fully saturated rings. The minimum Gasteiger partial charge on any atom is -0.324 e. The Morgan fingerprint density at radius 1 is 1.44 bits per heavy atom. The monoisotopic (exact) mass is 233 g/mol. The second-order valence-electron chi connectivity index (χ2n) is 3.01. The molecule has 7 heteroatoms. The number of hydrogen-bond acceptors (Lipinski definition) is 3. The number of nitrogens with one attached hydrogen (secondary N) is 2. The topological polar surface area (TPSA) is 54.0 Å². The van der Waals surface area contributed by atoms with Gasteiger partial charge in [-0.05, 0) is 12.1 Å². The quantitative estimate of drug-likeness (QED) is 0.820. The molecule has 0 spiro atoms. The number of hydrogen-bond donors (Lipinski definition) is 2. The average Bonchev–Trinajstić information content (AvgIpc) is 2.17. The van der Waals surface area contributed by atoms with Gasteiger partial charge >= 0.3 is 6.18 Å². The zero-order valence-corrected chi connectivity index (χ0v) is 8.21. The van der Waals surface area contributed by atoms with E-state index in [4.69, 9.17) is 0 Å². The van der Waals surface area contributed by atoms with Crippen LogP contribution in [0.15, 0.2) is 24.5 Å². The molecule has 1 heterocycles. The molecule has 0 bridgehead atoms. The summed E-state index contributed by atoms with van der Waals surface area (Å²) < 4.78 is 35.2. The summed E-state index contributed by atoms with van der Waals surface area (Å²) in [4.78, 5) is 14.9. The first kappa shape index (κ1) is 12.4. The van der Waals surface area contributed by atoms with Crippen LogP contribution in [-0.4, -0.2) is 30.2 Å². The molecule has 0 atom stereocenters. The third-order valence-electron chi connectivity index (χ3n) is 1.56. The second kappa shape index (κ2) is 5.45. The molecule has 1 aromatic rings. The van der Waals surface area contributed by atoms with Gasteiger partial charge in [0.2, 0.25) is 5.91 Å². The number of pyridine rings is 1. The molecule has 0 saturated carbocycles. The summed E-state index contributed by atoms with van der Waals surface area (Å²) in [6.07, 6.45) is -1.38. The lowest BCUT2D eigenvalue weighted by atomic mass is 10.4. The molecule has 0 aromatic carbocycles. The number of alkyl halides is 3. The number of aromatic nitrogens is 1. The molecule has 0 aliphatic rings. The Bertz CT molecular complexity index is 340. The van der Waals surface area contributed by atoms with E-state index in [9.17, 15) is 18.0 Å². The van der Waals surface area contributed by atoms with E-state index in [1.54, 1.807) is 12.1 Å². The summed E-state index contributed by atoms with van der Waals surface area (Å²) >= 11 is 0. The number of rotatable bonds is 4. The highest BCUT2D eigenvalue weighted by Gasteiger charge is 2.26. The number of amides is 1. The van der Waals surface area contributed by atoms with E-state index in [0.29, 0.717) is 5.69 Å². The van der Waals surface area contributed by atoms with Crippen LogP contribution >= 0.6 is 0 Å². The molecule has 0 radical (unpaired) electrons. The zero-order valence-electron chi connectivity index (χ0n) is 8.21. The number of carbonyl (C=O) groups excluding carboxylic acids is 1. The lowest BCUT2D eigenvalue weighted by molar-refractivity contribution is -0.126. The third-order valence-corrected chi connectivity index (χ3v) is 1.56. The van der Waals surface area contributed by atoms with Crippen LogP contribution in [0.5, 0.6) is 0 Å². The van der Waals surface area contributed by atoms with Gasteiger partial charge < -0.3 is 10.6 Å². The van der Waals surface area contributed by atoms with Crippen LogP contribution in [-0.2, 0) is 4.79 Å². The predicted molar refractivity (Wildman–Crippen MR) is 51.8 cm³/mol.